The minimum absolute atomic E-state index is 0.640. The van der Waals surface area contributed by atoms with Crippen LogP contribution in [-0.2, 0) is 16.0 Å². The van der Waals surface area contributed by atoms with Crippen LogP contribution in [0.1, 0.15) is 25.0 Å². The molecule has 0 saturated heterocycles. The summed E-state index contributed by atoms with van der Waals surface area (Å²) in [6, 6.07) is 4.70. The molecular weight excluding hydrogens is 256 g/mol. The van der Waals surface area contributed by atoms with Crippen LogP contribution in [0.15, 0.2) is 18.3 Å². The van der Waals surface area contributed by atoms with Crippen molar-refractivity contribution in [3.05, 3.63) is 24.0 Å². The first-order valence-electron chi connectivity index (χ1n) is 7.26. The van der Waals surface area contributed by atoms with E-state index in [1.807, 2.05) is 12.1 Å². The summed E-state index contributed by atoms with van der Waals surface area (Å²) >= 11 is 0. The molecule has 1 N–H and O–H groups in total. The molecule has 1 aliphatic rings. The number of hydrogen-bond donors (Lipinski definition) is 1. The second kappa shape index (κ2) is 8.89. The molecule has 0 atom stereocenters. The van der Waals surface area contributed by atoms with E-state index in [0.717, 1.165) is 24.4 Å². The number of rotatable bonds is 11. The zero-order chi connectivity index (χ0) is 14.0. The normalized spacial score (nSPS) is 14.4. The SMILES string of the molecule is COCCOCCCOc1ccc(CNC2CC2)nc1. The van der Waals surface area contributed by atoms with Crippen molar-refractivity contribution in [3.8, 4) is 5.75 Å². The summed E-state index contributed by atoms with van der Waals surface area (Å²) in [5.41, 5.74) is 1.06. The molecule has 0 aliphatic heterocycles. The predicted octanol–water partition coefficient (Wildman–Crippen LogP) is 1.77. The first-order chi connectivity index (χ1) is 9.88. The van der Waals surface area contributed by atoms with Crippen LogP contribution in [0.4, 0.5) is 0 Å². The van der Waals surface area contributed by atoms with Crippen molar-refractivity contribution in [1.82, 2.24) is 10.3 Å². The number of nitrogens with zero attached hydrogens (tertiary/aromatic N) is 1. The van der Waals surface area contributed by atoms with Gasteiger partial charge in [0.05, 0.1) is 31.7 Å². The maximum Gasteiger partial charge on any atom is 0.137 e. The standard InChI is InChI=1S/C15H24N2O3/c1-18-9-10-19-7-2-8-20-15-6-5-14(17-12-15)11-16-13-3-4-13/h5-6,12-13,16H,2-4,7-11H2,1H3. The fourth-order valence-electron chi connectivity index (χ4n) is 1.73. The molecule has 5 nitrogen and oxygen atoms in total. The van der Waals surface area contributed by atoms with E-state index in [9.17, 15) is 0 Å². The highest BCUT2D eigenvalue weighted by molar-refractivity contribution is 5.19. The summed E-state index contributed by atoms with van der Waals surface area (Å²) in [7, 11) is 1.67. The van der Waals surface area contributed by atoms with Crippen molar-refractivity contribution >= 4 is 0 Å². The Morgan fingerprint density at radius 1 is 1.20 bits per heavy atom. The summed E-state index contributed by atoms with van der Waals surface area (Å²) < 4.78 is 15.9. The van der Waals surface area contributed by atoms with Crippen LogP contribution in [0, 0.1) is 0 Å². The fraction of sp³-hybridized carbons (Fsp3) is 0.667. The third-order valence-electron chi connectivity index (χ3n) is 3.08. The summed E-state index contributed by atoms with van der Waals surface area (Å²) in [5, 5.41) is 3.44. The third-order valence-corrected chi connectivity index (χ3v) is 3.08. The summed E-state index contributed by atoms with van der Waals surface area (Å²) in [6.07, 6.45) is 5.26. The summed E-state index contributed by atoms with van der Waals surface area (Å²) in [4.78, 5) is 4.38. The monoisotopic (exact) mass is 280 g/mol. The average Bonchev–Trinajstić information content (AvgIpc) is 3.30. The second-order valence-electron chi connectivity index (χ2n) is 4.95. The van der Waals surface area contributed by atoms with Gasteiger partial charge in [-0.05, 0) is 25.0 Å². The lowest BCUT2D eigenvalue weighted by molar-refractivity contribution is 0.0644. The number of ether oxygens (including phenoxy) is 3. The molecule has 20 heavy (non-hydrogen) atoms. The van der Waals surface area contributed by atoms with Crippen molar-refractivity contribution < 1.29 is 14.2 Å². The Morgan fingerprint density at radius 3 is 2.80 bits per heavy atom. The van der Waals surface area contributed by atoms with E-state index >= 15 is 0 Å². The summed E-state index contributed by atoms with van der Waals surface area (Å²) in [5.74, 6) is 0.817. The van der Waals surface area contributed by atoms with Crippen LogP contribution >= 0.6 is 0 Å². The molecule has 1 aliphatic carbocycles. The molecule has 1 aromatic heterocycles. The van der Waals surface area contributed by atoms with Crippen LogP contribution in [0.3, 0.4) is 0 Å². The van der Waals surface area contributed by atoms with Crippen LogP contribution in [0.2, 0.25) is 0 Å². The smallest absolute Gasteiger partial charge is 0.137 e. The molecule has 0 bridgehead atoms. The molecule has 1 aromatic rings. The lowest BCUT2D eigenvalue weighted by Crippen LogP contribution is -2.16. The Morgan fingerprint density at radius 2 is 2.10 bits per heavy atom. The van der Waals surface area contributed by atoms with Crippen LogP contribution in [-0.4, -0.2) is 44.6 Å². The Balaban J connectivity index is 1.53. The highest BCUT2D eigenvalue weighted by atomic mass is 16.5. The van der Waals surface area contributed by atoms with Crippen molar-refractivity contribution in [1.29, 1.82) is 0 Å². The first-order valence-corrected chi connectivity index (χ1v) is 7.26. The third kappa shape index (κ3) is 6.32. The quantitative estimate of drug-likeness (QED) is 0.626. The van der Waals surface area contributed by atoms with Crippen molar-refractivity contribution in [2.24, 2.45) is 0 Å². The van der Waals surface area contributed by atoms with Crippen molar-refractivity contribution in [2.45, 2.75) is 31.8 Å². The van der Waals surface area contributed by atoms with Crippen LogP contribution in [0.5, 0.6) is 5.75 Å². The highest BCUT2D eigenvalue weighted by Crippen LogP contribution is 2.19. The lowest BCUT2D eigenvalue weighted by Gasteiger charge is -2.07. The highest BCUT2D eigenvalue weighted by Gasteiger charge is 2.19. The number of nitrogens with one attached hydrogen (secondary N) is 1. The van der Waals surface area contributed by atoms with Gasteiger partial charge in [0.1, 0.15) is 5.75 Å². The van der Waals surface area contributed by atoms with E-state index in [-0.39, 0.29) is 0 Å². The second-order valence-corrected chi connectivity index (χ2v) is 4.95. The molecular formula is C15H24N2O3. The molecule has 1 heterocycles. The maximum atomic E-state index is 5.61. The minimum Gasteiger partial charge on any atom is -0.492 e. The molecule has 5 heteroatoms. The van der Waals surface area contributed by atoms with Gasteiger partial charge in [-0.3, -0.25) is 4.98 Å². The zero-order valence-corrected chi connectivity index (χ0v) is 12.1. The Labute approximate surface area is 120 Å². The van der Waals surface area contributed by atoms with E-state index < -0.39 is 0 Å². The number of aromatic nitrogens is 1. The molecule has 1 fully saturated rings. The first kappa shape index (κ1) is 15.2. The van der Waals surface area contributed by atoms with Gasteiger partial charge in [0.25, 0.3) is 0 Å². The van der Waals surface area contributed by atoms with Crippen molar-refractivity contribution in [2.75, 3.05) is 33.5 Å². The van der Waals surface area contributed by atoms with Gasteiger partial charge in [0.2, 0.25) is 0 Å². The van der Waals surface area contributed by atoms with Gasteiger partial charge in [-0.1, -0.05) is 0 Å². The molecule has 1 saturated carbocycles. The Bertz CT molecular complexity index is 366. The maximum absolute atomic E-state index is 5.61. The molecule has 0 spiro atoms. The van der Waals surface area contributed by atoms with Crippen LogP contribution < -0.4 is 10.1 Å². The Kier molecular flexibility index (Phi) is 6.77. The van der Waals surface area contributed by atoms with Crippen molar-refractivity contribution in [3.63, 3.8) is 0 Å². The summed E-state index contributed by atoms with van der Waals surface area (Å²) in [6.45, 7) is 3.47. The molecule has 0 unspecified atom stereocenters. The largest absolute Gasteiger partial charge is 0.492 e. The number of pyridine rings is 1. The molecule has 0 amide bonds. The van der Waals surface area contributed by atoms with E-state index in [1.54, 1.807) is 13.3 Å². The molecule has 2 rings (SSSR count). The van der Waals surface area contributed by atoms with Gasteiger partial charge in [-0.25, -0.2) is 0 Å². The van der Waals surface area contributed by atoms with Gasteiger partial charge in [0, 0.05) is 32.7 Å². The van der Waals surface area contributed by atoms with Gasteiger partial charge in [-0.15, -0.1) is 0 Å². The van der Waals surface area contributed by atoms with E-state index in [0.29, 0.717) is 32.5 Å². The fourth-order valence-corrected chi connectivity index (χ4v) is 1.73. The van der Waals surface area contributed by atoms with Gasteiger partial charge in [-0.2, -0.15) is 0 Å². The lowest BCUT2D eigenvalue weighted by atomic mass is 10.3. The van der Waals surface area contributed by atoms with Gasteiger partial charge < -0.3 is 19.5 Å². The van der Waals surface area contributed by atoms with E-state index in [1.165, 1.54) is 12.8 Å². The van der Waals surface area contributed by atoms with Gasteiger partial charge >= 0.3 is 0 Å². The molecule has 0 aromatic carbocycles. The predicted molar refractivity (Wildman–Crippen MR) is 76.9 cm³/mol. The van der Waals surface area contributed by atoms with Gasteiger partial charge in [0.15, 0.2) is 0 Å². The Hall–Kier alpha value is -1.17. The minimum atomic E-state index is 0.640. The average molecular weight is 280 g/mol. The van der Waals surface area contributed by atoms with E-state index in [4.69, 9.17) is 14.2 Å². The van der Waals surface area contributed by atoms with E-state index in [2.05, 4.69) is 10.3 Å². The van der Waals surface area contributed by atoms with Crippen LogP contribution in [0.25, 0.3) is 0 Å². The zero-order valence-electron chi connectivity index (χ0n) is 12.1. The number of methoxy groups -OCH3 is 1. The molecule has 0 radical (unpaired) electrons. The molecule has 112 valence electrons. The topological polar surface area (TPSA) is 52.6 Å². The number of hydrogen-bond acceptors (Lipinski definition) is 5.